The quantitative estimate of drug-likeness (QED) is 0.478. The van der Waals surface area contributed by atoms with Crippen LogP contribution in [0.5, 0.6) is 5.75 Å². The Morgan fingerprint density at radius 3 is 2.66 bits per heavy atom. The molecule has 1 atom stereocenters. The molecular weight excluding hydrogens is 468 g/mol. The summed E-state index contributed by atoms with van der Waals surface area (Å²) in [4.78, 5) is 14.7. The topological polar surface area (TPSA) is 101 Å². The molecule has 1 saturated heterocycles. The molecule has 0 saturated carbocycles. The smallest absolute Gasteiger partial charge is 0.237 e. The van der Waals surface area contributed by atoms with Gasteiger partial charge in [-0.1, -0.05) is 53.4 Å². The first-order valence-corrected chi connectivity index (χ1v) is 13.5. The molecule has 1 aliphatic heterocycles. The molecule has 168 valence electrons. The van der Waals surface area contributed by atoms with E-state index in [1.807, 2.05) is 54.6 Å². The monoisotopic (exact) mass is 490 g/mol. The molecule has 0 aliphatic carbocycles. The molecule has 1 aromatic heterocycles. The lowest BCUT2D eigenvalue weighted by atomic mass is 10.2. The van der Waals surface area contributed by atoms with Gasteiger partial charge in [0.1, 0.15) is 5.75 Å². The van der Waals surface area contributed by atoms with E-state index >= 15 is 0 Å². The standard InChI is InChI=1S/C21H22N4O4S3/c1-29-18-10-6-5-9-17(18)22-20-23-24-21(31-20)30-13-19(26)25(15-7-3-2-4-8-15)16-11-12-32(27,28)14-16/h2-10,16H,11-14H2,1H3,(H,22,23). The summed E-state index contributed by atoms with van der Waals surface area (Å²) in [6, 6.07) is 16.3. The van der Waals surface area contributed by atoms with Crippen LogP contribution < -0.4 is 15.0 Å². The SMILES string of the molecule is COc1ccccc1Nc1nnc(SCC(=O)N(c2ccccc2)C2CCS(=O)(=O)C2)s1. The minimum atomic E-state index is -3.12. The number of ether oxygens (including phenoxy) is 1. The van der Waals surface area contributed by atoms with E-state index in [2.05, 4.69) is 15.5 Å². The highest BCUT2D eigenvalue weighted by atomic mass is 32.2. The highest BCUT2D eigenvalue weighted by molar-refractivity contribution is 8.01. The van der Waals surface area contributed by atoms with Crippen LogP contribution in [0.2, 0.25) is 0 Å². The Balaban J connectivity index is 1.43. The van der Waals surface area contributed by atoms with Crippen LogP contribution in [0, 0.1) is 0 Å². The molecule has 0 bridgehead atoms. The summed E-state index contributed by atoms with van der Waals surface area (Å²) in [6.07, 6.45) is 0.444. The summed E-state index contributed by atoms with van der Waals surface area (Å²) in [7, 11) is -1.52. The number of anilines is 3. The van der Waals surface area contributed by atoms with Gasteiger partial charge in [-0.15, -0.1) is 10.2 Å². The van der Waals surface area contributed by atoms with E-state index in [-0.39, 0.29) is 29.2 Å². The lowest BCUT2D eigenvalue weighted by Crippen LogP contribution is -2.42. The number of nitrogens with zero attached hydrogens (tertiary/aromatic N) is 3. The zero-order chi connectivity index (χ0) is 22.6. The Labute approximate surface area is 194 Å². The van der Waals surface area contributed by atoms with Crippen molar-refractivity contribution in [1.82, 2.24) is 10.2 Å². The van der Waals surface area contributed by atoms with Crippen LogP contribution in [-0.2, 0) is 14.6 Å². The first-order chi connectivity index (χ1) is 15.4. The normalized spacial score (nSPS) is 17.1. The molecule has 32 heavy (non-hydrogen) atoms. The third kappa shape index (κ3) is 5.40. The van der Waals surface area contributed by atoms with Gasteiger partial charge in [0.25, 0.3) is 0 Å². The van der Waals surface area contributed by atoms with Crippen LogP contribution >= 0.6 is 23.1 Å². The molecule has 11 heteroatoms. The lowest BCUT2D eigenvalue weighted by Gasteiger charge is -2.28. The van der Waals surface area contributed by atoms with Crippen LogP contribution in [0.25, 0.3) is 0 Å². The number of sulfone groups is 1. The number of hydrogen-bond acceptors (Lipinski definition) is 9. The van der Waals surface area contributed by atoms with Crippen LogP contribution in [0.3, 0.4) is 0 Å². The molecule has 1 amide bonds. The van der Waals surface area contributed by atoms with Crippen molar-refractivity contribution in [3.63, 3.8) is 0 Å². The van der Waals surface area contributed by atoms with E-state index in [1.165, 1.54) is 23.1 Å². The molecule has 3 aromatic rings. The van der Waals surface area contributed by atoms with Crippen LogP contribution in [0.1, 0.15) is 6.42 Å². The number of aromatic nitrogens is 2. The van der Waals surface area contributed by atoms with Gasteiger partial charge in [0.15, 0.2) is 14.2 Å². The Morgan fingerprint density at radius 1 is 1.19 bits per heavy atom. The average Bonchev–Trinajstić information content (AvgIpc) is 3.39. The van der Waals surface area contributed by atoms with E-state index < -0.39 is 9.84 Å². The third-order valence-corrected chi connectivity index (χ3v) is 8.66. The van der Waals surface area contributed by atoms with Crippen molar-refractivity contribution in [3.8, 4) is 5.75 Å². The second-order valence-electron chi connectivity index (χ2n) is 7.14. The molecule has 1 N–H and O–H groups in total. The van der Waals surface area contributed by atoms with Gasteiger partial charge in [-0.3, -0.25) is 4.79 Å². The highest BCUT2D eigenvalue weighted by Gasteiger charge is 2.35. The summed E-state index contributed by atoms with van der Waals surface area (Å²) >= 11 is 2.62. The molecule has 1 aliphatic rings. The summed E-state index contributed by atoms with van der Waals surface area (Å²) in [6.45, 7) is 0. The number of benzene rings is 2. The minimum absolute atomic E-state index is 0.00984. The zero-order valence-electron chi connectivity index (χ0n) is 17.3. The van der Waals surface area contributed by atoms with Gasteiger partial charge in [0.2, 0.25) is 11.0 Å². The Bertz CT molecular complexity index is 1180. The van der Waals surface area contributed by atoms with Gasteiger partial charge in [0, 0.05) is 5.69 Å². The largest absolute Gasteiger partial charge is 0.495 e. The molecule has 4 rings (SSSR count). The Hall–Kier alpha value is -2.63. The number of thioether (sulfide) groups is 1. The third-order valence-electron chi connectivity index (χ3n) is 4.95. The van der Waals surface area contributed by atoms with E-state index in [0.29, 0.717) is 27.3 Å². The minimum Gasteiger partial charge on any atom is -0.495 e. The number of rotatable bonds is 8. The molecule has 1 unspecified atom stereocenters. The summed E-state index contributed by atoms with van der Waals surface area (Å²) in [5, 5.41) is 12.1. The van der Waals surface area contributed by atoms with Gasteiger partial charge >= 0.3 is 0 Å². The molecule has 2 aromatic carbocycles. The fourth-order valence-corrected chi connectivity index (χ4v) is 6.82. The van der Waals surface area contributed by atoms with Gasteiger partial charge in [-0.2, -0.15) is 0 Å². The molecule has 8 nitrogen and oxygen atoms in total. The molecular formula is C21H22N4O4S3. The van der Waals surface area contributed by atoms with Crippen molar-refractivity contribution in [2.75, 3.05) is 34.6 Å². The maximum Gasteiger partial charge on any atom is 0.237 e. The maximum atomic E-state index is 13.1. The van der Waals surface area contributed by atoms with Crippen LogP contribution in [0.15, 0.2) is 58.9 Å². The van der Waals surface area contributed by atoms with Gasteiger partial charge in [-0.25, -0.2) is 8.42 Å². The van der Waals surface area contributed by atoms with Crippen molar-refractivity contribution in [2.45, 2.75) is 16.8 Å². The van der Waals surface area contributed by atoms with Gasteiger partial charge < -0.3 is 15.0 Å². The average molecular weight is 491 g/mol. The van der Waals surface area contributed by atoms with E-state index in [4.69, 9.17) is 4.74 Å². The second kappa shape index (κ2) is 9.88. The van der Waals surface area contributed by atoms with Crippen molar-refractivity contribution in [1.29, 1.82) is 0 Å². The summed E-state index contributed by atoms with van der Waals surface area (Å²) in [5.74, 6) is 0.768. The Morgan fingerprint density at radius 2 is 1.94 bits per heavy atom. The molecule has 2 heterocycles. The van der Waals surface area contributed by atoms with Crippen molar-refractivity contribution in [3.05, 3.63) is 54.6 Å². The predicted molar refractivity (Wildman–Crippen MR) is 128 cm³/mol. The van der Waals surface area contributed by atoms with E-state index in [9.17, 15) is 13.2 Å². The van der Waals surface area contributed by atoms with E-state index in [1.54, 1.807) is 12.0 Å². The van der Waals surface area contributed by atoms with Crippen LogP contribution in [0.4, 0.5) is 16.5 Å². The van der Waals surface area contributed by atoms with Crippen molar-refractivity contribution < 1.29 is 17.9 Å². The highest BCUT2D eigenvalue weighted by Crippen LogP contribution is 2.32. The zero-order valence-corrected chi connectivity index (χ0v) is 19.8. The van der Waals surface area contributed by atoms with Crippen molar-refractivity contribution >= 4 is 55.3 Å². The number of hydrogen-bond donors (Lipinski definition) is 1. The fraction of sp³-hybridized carbons (Fsp3) is 0.286. The van der Waals surface area contributed by atoms with E-state index in [0.717, 1.165) is 5.69 Å². The summed E-state index contributed by atoms with van der Waals surface area (Å²) in [5.41, 5.74) is 1.48. The summed E-state index contributed by atoms with van der Waals surface area (Å²) < 4.78 is 30.0. The Kier molecular flexibility index (Phi) is 6.97. The predicted octanol–water partition coefficient (Wildman–Crippen LogP) is 3.60. The molecule has 0 radical (unpaired) electrons. The van der Waals surface area contributed by atoms with Crippen molar-refractivity contribution in [2.24, 2.45) is 0 Å². The van der Waals surface area contributed by atoms with Gasteiger partial charge in [-0.05, 0) is 30.7 Å². The second-order valence-corrected chi connectivity index (χ2v) is 11.6. The number of carbonyl (C=O) groups is 1. The first kappa shape index (κ1) is 22.6. The lowest BCUT2D eigenvalue weighted by molar-refractivity contribution is -0.116. The maximum absolute atomic E-state index is 13.1. The van der Waals surface area contributed by atoms with Crippen LogP contribution in [-0.4, -0.2) is 54.9 Å². The first-order valence-electron chi connectivity index (χ1n) is 9.89. The molecule has 0 spiro atoms. The number of methoxy groups -OCH3 is 1. The number of carbonyl (C=O) groups excluding carboxylic acids is 1. The number of para-hydroxylation sites is 3. The number of amides is 1. The molecule has 1 fully saturated rings. The fourth-order valence-electron chi connectivity index (χ4n) is 3.50. The van der Waals surface area contributed by atoms with Gasteiger partial charge in [0.05, 0.1) is 36.1 Å². The number of nitrogens with one attached hydrogen (secondary N) is 1.